The lowest BCUT2D eigenvalue weighted by Gasteiger charge is -2.09. The molecule has 0 bridgehead atoms. The van der Waals surface area contributed by atoms with Crippen LogP contribution in [0, 0.1) is 10.8 Å². The molecule has 10 nitrogen and oxygen atoms in total. The molecule has 2 rings (SSSR count). The Labute approximate surface area is 210 Å². The lowest BCUT2D eigenvalue weighted by atomic mass is 10.1. The predicted octanol–water partition coefficient (Wildman–Crippen LogP) is 1.29. The van der Waals surface area contributed by atoms with Crippen molar-refractivity contribution in [3.05, 3.63) is 70.8 Å². The van der Waals surface area contributed by atoms with Crippen LogP contribution in [0.4, 0.5) is 0 Å². The van der Waals surface area contributed by atoms with E-state index in [1.54, 1.807) is 48.5 Å². The van der Waals surface area contributed by atoms with Gasteiger partial charge in [0.2, 0.25) is 0 Å². The summed E-state index contributed by atoms with van der Waals surface area (Å²) in [6, 6.07) is 12.9. The summed E-state index contributed by atoms with van der Waals surface area (Å²) in [5.74, 6) is -0.552. The van der Waals surface area contributed by atoms with Gasteiger partial charge in [0.1, 0.15) is 11.7 Å². The van der Waals surface area contributed by atoms with E-state index in [0.717, 1.165) is 0 Å². The van der Waals surface area contributed by atoms with Gasteiger partial charge >= 0.3 is 0 Å². The number of ether oxygens (including phenoxy) is 2. The molecule has 0 heterocycles. The Morgan fingerprint density at radius 3 is 1.21 bits per heavy atom. The topological polar surface area (TPSA) is 176 Å². The molecular formula is C22H30Cl2N6O4. The van der Waals surface area contributed by atoms with Crippen molar-refractivity contribution < 1.29 is 19.1 Å². The lowest BCUT2D eigenvalue weighted by Crippen LogP contribution is -2.28. The van der Waals surface area contributed by atoms with E-state index in [-0.39, 0.29) is 48.3 Å². The van der Waals surface area contributed by atoms with Crippen molar-refractivity contribution in [3.8, 4) is 0 Å². The number of amidine groups is 2. The molecule has 0 spiro atoms. The van der Waals surface area contributed by atoms with E-state index in [1.807, 2.05) is 0 Å². The zero-order chi connectivity index (χ0) is 23.3. The van der Waals surface area contributed by atoms with Crippen molar-refractivity contribution in [2.24, 2.45) is 11.5 Å². The van der Waals surface area contributed by atoms with Gasteiger partial charge in [0, 0.05) is 35.3 Å². The van der Waals surface area contributed by atoms with Gasteiger partial charge in [-0.05, 0) is 24.3 Å². The second kappa shape index (κ2) is 16.4. The molecule has 34 heavy (non-hydrogen) atoms. The Kier molecular flexibility index (Phi) is 14.9. The van der Waals surface area contributed by atoms with Crippen LogP contribution >= 0.6 is 24.8 Å². The minimum Gasteiger partial charge on any atom is -0.384 e. The fourth-order valence-electron chi connectivity index (χ4n) is 2.60. The van der Waals surface area contributed by atoms with Gasteiger partial charge in [0.15, 0.2) is 0 Å². The molecule has 12 heteroatoms. The van der Waals surface area contributed by atoms with Gasteiger partial charge in [-0.25, -0.2) is 0 Å². The van der Waals surface area contributed by atoms with Gasteiger partial charge in [-0.3, -0.25) is 20.4 Å². The van der Waals surface area contributed by atoms with Gasteiger partial charge in [0.05, 0.1) is 26.4 Å². The molecule has 2 aromatic carbocycles. The summed E-state index contributed by atoms with van der Waals surface area (Å²) in [5, 5.41) is 20.2. The maximum atomic E-state index is 12.0. The largest absolute Gasteiger partial charge is 0.384 e. The number of halogens is 2. The standard InChI is InChI=1S/C22H28N6O4.2ClH/c23-19(24)15-1-5-17(6-2-15)21(29)27-9-11-31-13-14-32-12-10-28-22(30)18-7-3-16(4-8-18)20(25)26;;/h1-8H,9-14H2,(H3,23,24)(H3,25,26)(H,27,29)(H,28,30);2*1H. The third-order valence-electron chi connectivity index (χ3n) is 4.35. The molecule has 2 amide bonds. The summed E-state index contributed by atoms with van der Waals surface area (Å²) >= 11 is 0. The first-order valence-electron chi connectivity index (χ1n) is 9.99. The number of rotatable bonds is 13. The number of carbonyl (C=O) groups excluding carboxylic acids is 2. The van der Waals surface area contributed by atoms with E-state index in [0.29, 0.717) is 61.8 Å². The van der Waals surface area contributed by atoms with E-state index in [2.05, 4.69) is 10.6 Å². The van der Waals surface area contributed by atoms with Crippen LogP contribution in [0.1, 0.15) is 31.8 Å². The van der Waals surface area contributed by atoms with Crippen LogP contribution in [-0.4, -0.2) is 63.0 Å². The molecule has 0 saturated heterocycles. The first kappa shape index (κ1) is 30.8. The maximum absolute atomic E-state index is 12.0. The molecule has 0 unspecified atom stereocenters. The highest BCUT2D eigenvalue weighted by Crippen LogP contribution is 2.04. The number of nitrogens with two attached hydrogens (primary N) is 2. The van der Waals surface area contributed by atoms with Gasteiger partial charge in [-0.2, -0.15) is 0 Å². The number of benzene rings is 2. The Bertz CT molecular complexity index is 862. The third-order valence-corrected chi connectivity index (χ3v) is 4.35. The minimum absolute atomic E-state index is 0. The van der Waals surface area contributed by atoms with Crippen LogP contribution in [0.2, 0.25) is 0 Å². The second-order valence-corrected chi connectivity index (χ2v) is 6.72. The molecule has 0 radical (unpaired) electrons. The minimum atomic E-state index is -0.230. The summed E-state index contributed by atoms with van der Waals surface area (Å²) < 4.78 is 10.8. The Morgan fingerprint density at radius 1 is 0.618 bits per heavy atom. The van der Waals surface area contributed by atoms with E-state index in [9.17, 15) is 9.59 Å². The van der Waals surface area contributed by atoms with Crippen molar-refractivity contribution in [3.63, 3.8) is 0 Å². The molecule has 0 saturated carbocycles. The van der Waals surface area contributed by atoms with Crippen molar-refractivity contribution in [2.75, 3.05) is 39.5 Å². The lowest BCUT2D eigenvalue weighted by molar-refractivity contribution is 0.0486. The Morgan fingerprint density at radius 2 is 0.912 bits per heavy atom. The molecule has 0 aromatic heterocycles. The molecule has 0 aliphatic rings. The van der Waals surface area contributed by atoms with Crippen LogP contribution in [0.5, 0.6) is 0 Å². The fraction of sp³-hybridized carbons (Fsp3) is 0.273. The van der Waals surface area contributed by atoms with Gasteiger partial charge < -0.3 is 31.6 Å². The zero-order valence-corrected chi connectivity index (χ0v) is 20.1. The summed E-state index contributed by atoms with van der Waals surface area (Å²) in [5.41, 5.74) is 12.9. The van der Waals surface area contributed by atoms with Gasteiger partial charge in [-0.15, -0.1) is 24.8 Å². The third kappa shape index (κ3) is 10.6. The summed E-state index contributed by atoms with van der Waals surface area (Å²) in [7, 11) is 0. The zero-order valence-electron chi connectivity index (χ0n) is 18.5. The SMILES string of the molecule is Cl.Cl.N=C(N)c1ccc(C(=O)NCCOCCOCCNC(=O)c2ccc(C(=N)N)cc2)cc1. The van der Waals surface area contributed by atoms with E-state index in [4.69, 9.17) is 31.8 Å². The maximum Gasteiger partial charge on any atom is 0.251 e. The van der Waals surface area contributed by atoms with Crippen molar-refractivity contribution in [2.45, 2.75) is 0 Å². The smallest absolute Gasteiger partial charge is 0.251 e. The number of nitrogen functional groups attached to an aromatic ring is 2. The average Bonchev–Trinajstić information content (AvgIpc) is 2.80. The van der Waals surface area contributed by atoms with Crippen LogP contribution in [0.15, 0.2) is 48.5 Å². The van der Waals surface area contributed by atoms with Crippen molar-refractivity contribution in [1.29, 1.82) is 10.8 Å². The molecule has 0 fully saturated rings. The summed E-state index contributed by atoms with van der Waals surface area (Å²) in [6.07, 6.45) is 0. The van der Waals surface area contributed by atoms with Gasteiger partial charge in [0.25, 0.3) is 11.8 Å². The highest BCUT2D eigenvalue weighted by Gasteiger charge is 2.06. The first-order chi connectivity index (χ1) is 15.4. The number of carbonyl (C=O) groups is 2. The number of hydrogen-bond donors (Lipinski definition) is 6. The summed E-state index contributed by atoms with van der Waals surface area (Å²) in [4.78, 5) is 24.0. The summed E-state index contributed by atoms with van der Waals surface area (Å²) in [6.45, 7) is 2.12. The van der Waals surface area contributed by atoms with Gasteiger partial charge in [-0.1, -0.05) is 24.3 Å². The van der Waals surface area contributed by atoms with E-state index < -0.39 is 0 Å². The number of hydrogen-bond acceptors (Lipinski definition) is 6. The molecule has 8 N–H and O–H groups in total. The first-order valence-corrected chi connectivity index (χ1v) is 9.99. The molecule has 186 valence electrons. The highest BCUT2D eigenvalue weighted by molar-refractivity contribution is 5.99. The second-order valence-electron chi connectivity index (χ2n) is 6.72. The van der Waals surface area contributed by atoms with Crippen LogP contribution < -0.4 is 22.1 Å². The van der Waals surface area contributed by atoms with Crippen LogP contribution in [-0.2, 0) is 9.47 Å². The van der Waals surface area contributed by atoms with Crippen molar-refractivity contribution in [1.82, 2.24) is 10.6 Å². The quantitative estimate of drug-likeness (QED) is 0.134. The van der Waals surface area contributed by atoms with Crippen molar-refractivity contribution >= 4 is 48.3 Å². The predicted molar refractivity (Wildman–Crippen MR) is 136 cm³/mol. The molecular weight excluding hydrogens is 483 g/mol. The fourth-order valence-corrected chi connectivity index (χ4v) is 2.60. The number of nitrogens with one attached hydrogen (secondary N) is 4. The number of amides is 2. The monoisotopic (exact) mass is 512 g/mol. The molecule has 0 atom stereocenters. The normalized spacial score (nSPS) is 9.76. The van der Waals surface area contributed by atoms with Crippen LogP contribution in [0.25, 0.3) is 0 Å². The van der Waals surface area contributed by atoms with E-state index >= 15 is 0 Å². The molecule has 0 aliphatic carbocycles. The molecule has 2 aromatic rings. The molecule has 0 aliphatic heterocycles. The average molecular weight is 513 g/mol. The van der Waals surface area contributed by atoms with Crippen LogP contribution in [0.3, 0.4) is 0 Å². The highest BCUT2D eigenvalue weighted by atomic mass is 35.5. The van der Waals surface area contributed by atoms with E-state index in [1.165, 1.54) is 0 Å². The Balaban J connectivity index is 0.00000544. The Hall–Kier alpha value is -3.18.